The monoisotopic (exact) mass is 342 g/mol. The predicted molar refractivity (Wildman–Crippen MR) is 79.9 cm³/mol. The van der Waals surface area contributed by atoms with Gasteiger partial charge in [0.25, 0.3) is 0 Å². The van der Waals surface area contributed by atoms with Gasteiger partial charge in [0.2, 0.25) is 5.91 Å². The fraction of sp³-hybridized carbons (Fsp3) is 0.429. The number of aromatic nitrogens is 4. The summed E-state index contributed by atoms with van der Waals surface area (Å²) >= 11 is 0. The molecule has 0 saturated heterocycles. The normalized spacial score (nSPS) is 11.5. The van der Waals surface area contributed by atoms with Crippen LogP contribution >= 0.6 is 0 Å². The zero-order valence-corrected chi connectivity index (χ0v) is 13.2. The van der Waals surface area contributed by atoms with Crippen molar-refractivity contribution in [2.75, 3.05) is 12.3 Å². The van der Waals surface area contributed by atoms with E-state index in [4.69, 9.17) is 5.73 Å². The van der Waals surface area contributed by atoms with Gasteiger partial charge < -0.3 is 11.1 Å². The van der Waals surface area contributed by atoms with Gasteiger partial charge in [-0.1, -0.05) is 0 Å². The van der Waals surface area contributed by atoms with E-state index in [-0.39, 0.29) is 36.9 Å². The number of nitrogens with two attached hydrogens (primary N) is 1. The molecule has 0 radical (unpaired) electrons. The summed E-state index contributed by atoms with van der Waals surface area (Å²) in [5.41, 5.74) is 5.60. The average Bonchev–Trinajstić information content (AvgIpc) is 2.75. The Balaban J connectivity index is 1.91. The summed E-state index contributed by atoms with van der Waals surface area (Å²) in [4.78, 5) is 19.2. The molecular formula is C14H17F3N6O. The number of carbonyl (C=O) groups excluding carboxylic acids is 1. The lowest BCUT2D eigenvalue weighted by molar-refractivity contribution is -0.141. The average molecular weight is 342 g/mol. The van der Waals surface area contributed by atoms with Crippen molar-refractivity contribution in [2.24, 2.45) is 0 Å². The number of alkyl halides is 3. The molecule has 1 amide bonds. The Kier molecular flexibility index (Phi) is 5.05. The molecule has 0 aliphatic rings. The molecule has 0 saturated carbocycles. The van der Waals surface area contributed by atoms with Crippen molar-refractivity contribution in [1.29, 1.82) is 0 Å². The second-order valence-corrected chi connectivity index (χ2v) is 5.28. The first-order chi connectivity index (χ1) is 11.1. The third-order valence-corrected chi connectivity index (χ3v) is 3.09. The largest absolute Gasteiger partial charge is 0.433 e. The van der Waals surface area contributed by atoms with Crippen molar-refractivity contribution < 1.29 is 18.0 Å². The highest BCUT2D eigenvalue weighted by molar-refractivity contribution is 5.76. The minimum absolute atomic E-state index is 0.0251. The standard InChI is InChI=1S/C14H17F3N6O/c1-8-5-10(14(15,16)17)21-12(20-8)3-4-19-13(24)7-23-11(18)6-9(2)22-23/h5-6H,3-4,7,18H2,1-2H3,(H,19,24). The number of anilines is 1. The van der Waals surface area contributed by atoms with Crippen LogP contribution in [0.4, 0.5) is 19.0 Å². The lowest BCUT2D eigenvalue weighted by Crippen LogP contribution is -2.30. The van der Waals surface area contributed by atoms with Gasteiger partial charge in [0.1, 0.15) is 23.9 Å². The van der Waals surface area contributed by atoms with Crippen LogP contribution in [0.25, 0.3) is 0 Å². The van der Waals surface area contributed by atoms with E-state index in [9.17, 15) is 18.0 Å². The first-order valence-electron chi connectivity index (χ1n) is 7.13. The molecule has 2 aromatic heterocycles. The first-order valence-corrected chi connectivity index (χ1v) is 7.13. The van der Waals surface area contributed by atoms with Crippen LogP contribution in [0.2, 0.25) is 0 Å². The van der Waals surface area contributed by atoms with Crippen LogP contribution in [0.3, 0.4) is 0 Å². The molecular weight excluding hydrogens is 325 g/mol. The van der Waals surface area contributed by atoms with E-state index < -0.39 is 11.9 Å². The first kappa shape index (κ1) is 17.7. The van der Waals surface area contributed by atoms with Crippen molar-refractivity contribution in [3.63, 3.8) is 0 Å². The third kappa shape index (κ3) is 4.67. The number of nitrogens with one attached hydrogen (secondary N) is 1. The molecule has 7 nitrogen and oxygen atoms in total. The van der Waals surface area contributed by atoms with Gasteiger partial charge in [-0.2, -0.15) is 18.3 Å². The van der Waals surface area contributed by atoms with Crippen LogP contribution < -0.4 is 11.1 Å². The second-order valence-electron chi connectivity index (χ2n) is 5.28. The molecule has 3 N–H and O–H groups in total. The molecule has 0 fully saturated rings. The van der Waals surface area contributed by atoms with E-state index in [0.29, 0.717) is 11.5 Å². The van der Waals surface area contributed by atoms with Gasteiger partial charge >= 0.3 is 6.18 Å². The Bertz CT molecular complexity index is 741. The molecule has 0 spiro atoms. The summed E-state index contributed by atoms with van der Waals surface area (Å²) in [6.45, 7) is 3.25. The highest BCUT2D eigenvalue weighted by Gasteiger charge is 2.33. The van der Waals surface area contributed by atoms with E-state index in [2.05, 4.69) is 20.4 Å². The van der Waals surface area contributed by atoms with Crippen LogP contribution in [-0.2, 0) is 23.9 Å². The molecule has 130 valence electrons. The third-order valence-electron chi connectivity index (χ3n) is 3.09. The number of nitrogens with zero attached hydrogens (tertiary/aromatic N) is 4. The zero-order valence-electron chi connectivity index (χ0n) is 13.2. The number of rotatable bonds is 5. The molecule has 2 rings (SSSR count). The van der Waals surface area contributed by atoms with Crippen molar-refractivity contribution in [1.82, 2.24) is 25.1 Å². The highest BCUT2D eigenvalue weighted by atomic mass is 19.4. The number of hydrogen-bond acceptors (Lipinski definition) is 5. The van der Waals surface area contributed by atoms with E-state index in [0.717, 1.165) is 6.07 Å². The number of hydrogen-bond donors (Lipinski definition) is 2. The van der Waals surface area contributed by atoms with E-state index in [1.807, 2.05) is 0 Å². The van der Waals surface area contributed by atoms with Gasteiger partial charge in [0.15, 0.2) is 0 Å². The Hall–Kier alpha value is -2.65. The highest BCUT2D eigenvalue weighted by Crippen LogP contribution is 2.27. The molecule has 0 aliphatic carbocycles. The van der Waals surface area contributed by atoms with Crippen molar-refractivity contribution in [2.45, 2.75) is 33.0 Å². The second kappa shape index (κ2) is 6.85. The predicted octanol–water partition coefficient (Wildman–Crippen LogP) is 1.25. The minimum Gasteiger partial charge on any atom is -0.384 e. The van der Waals surface area contributed by atoms with Crippen LogP contribution in [0, 0.1) is 13.8 Å². The molecule has 10 heteroatoms. The van der Waals surface area contributed by atoms with E-state index in [1.54, 1.807) is 13.0 Å². The van der Waals surface area contributed by atoms with Crippen LogP contribution in [0.1, 0.15) is 22.9 Å². The van der Waals surface area contributed by atoms with Gasteiger partial charge in [-0.05, 0) is 19.9 Å². The van der Waals surface area contributed by atoms with Crippen molar-refractivity contribution >= 4 is 11.7 Å². The molecule has 0 bridgehead atoms. The molecule has 0 unspecified atom stereocenters. The van der Waals surface area contributed by atoms with Gasteiger partial charge in [0.05, 0.1) is 5.69 Å². The summed E-state index contributed by atoms with van der Waals surface area (Å²) in [7, 11) is 0. The SMILES string of the molecule is Cc1cc(C(F)(F)F)nc(CCNC(=O)Cn2nc(C)cc2N)n1. The molecule has 24 heavy (non-hydrogen) atoms. The lowest BCUT2D eigenvalue weighted by atomic mass is 10.3. The van der Waals surface area contributed by atoms with Gasteiger partial charge in [-0.15, -0.1) is 0 Å². The molecule has 0 aromatic carbocycles. The summed E-state index contributed by atoms with van der Waals surface area (Å²) in [5.74, 6) is 0.0325. The maximum atomic E-state index is 12.7. The smallest absolute Gasteiger partial charge is 0.384 e. The van der Waals surface area contributed by atoms with Crippen molar-refractivity contribution in [3.05, 3.63) is 35.0 Å². The number of aryl methyl sites for hydroxylation is 2. The van der Waals surface area contributed by atoms with Crippen molar-refractivity contribution in [3.8, 4) is 0 Å². The summed E-state index contributed by atoms with van der Waals surface area (Å²) in [5, 5.41) is 6.63. The summed E-state index contributed by atoms with van der Waals surface area (Å²) in [6, 6.07) is 2.51. The van der Waals surface area contributed by atoms with Gasteiger partial charge in [-0.25, -0.2) is 14.6 Å². The fourth-order valence-electron chi connectivity index (χ4n) is 2.08. The summed E-state index contributed by atoms with van der Waals surface area (Å²) in [6.07, 6.45) is -4.44. The number of amides is 1. The molecule has 0 aliphatic heterocycles. The lowest BCUT2D eigenvalue weighted by Gasteiger charge is -2.09. The topological polar surface area (TPSA) is 98.7 Å². The van der Waals surface area contributed by atoms with E-state index >= 15 is 0 Å². The minimum atomic E-state index is -4.53. The maximum Gasteiger partial charge on any atom is 0.433 e. The number of halogens is 3. The van der Waals surface area contributed by atoms with E-state index in [1.165, 1.54) is 11.6 Å². The summed E-state index contributed by atoms with van der Waals surface area (Å²) < 4.78 is 39.4. The fourth-order valence-corrected chi connectivity index (χ4v) is 2.08. The van der Waals surface area contributed by atoms with Gasteiger partial charge in [0, 0.05) is 24.7 Å². The number of carbonyl (C=O) groups is 1. The molecule has 0 atom stereocenters. The molecule has 2 aromatic rings. The maximum absolute atomic E-state index is 12.7. The van der Waals surface area contributed by atoms with Crippen LogP contribution in [0.5, 0.6) is 0 Å². The Labute approximate surface area is 136 Å². The Morgan fingerprint density at radius 3 is 2.54 bits per heavy atom. The van der Waals surface area contributed by atoms with Gasteiger partial charge in [-0.3, -0.25) is 4.79 Å². The quantitative estimate of drug-likeness (QED) is 0.852. The Morgan fingerprint density at radius 1 is 1.25 bits per heavy atom. The zero-order chi connectivity index (χ0) is 17.9. The van der Waals surface area contributed by atoms with Crippen LogP contribution in [0.15, 0.2) is 12.1 Å². The Morgan fingerprint density at radius 2 is 1.96 bits per heavy atom. The molecule has 2 heterocycles. The number of nitrogen functional groups attached to an aromatic ring is 1. The van der Waals surface area contributed by atoms with Crippen LogP contribution in [-0.4, -0.2) is 32.2 Å².